The summed E-state index contributed by atoms with van der Waals surface area (Å²) in [5, 5.41) is 4.51. The van der Waals surface area contributed by atoms with E-state index in [-0.39, 0.29) is 22.1 Å². The summed E-state index contributed by atoms with van der Waals surface area (Å²) in [7, 11) is 0. The van der Waals surface area contributed by atoms with E-state index < -0.39 is 17.6 Å². The second-order valence-electron chi connectivity index (χ2n) is 3.87. The maximum Gasteiger partial charge on any atom is 0.260 e. The lowest BCUT2D eigenvalue weighted by molar-refractivity contribution is -0.117. The van der Waals surface area contributed by atoms with Crippen molar-refractivity contribution in [2.45, 2.75) is 6.42 Å². The first-order valence-corrected chi connectivity index (χ1v) is 6.70. The minimum Gasteiger partial charge on any atom is -0.369 e. The lowest BCUT2D eigenvalue weighted by atomic mass is 10.2. The van der Waals surface area contributed by atoms with E-state index in [0.29, 0.717) is 5.69 Å². The monoisotopic (exact) mass is 313 g/mol. The molecule has 0 unspecified atom stereocenters. The van der Waals surface area contributed by atoms with Gasteiger partial charge in [-0.2, -0.15) is 0 Å². The zero-order chi connectivity index (χ0) is 14.7. The number of thiazole rings is 1. The van der Waals surface area contributed by atoms with Crippen LogP contribution in [0.5, 0.6) is 0 Å². The molecule has 2 rings (SSSR count). The number of anilines is 1. The molecule has 20 heavy (non-hydrogen) atoms. The molecular formula is C12H9ClFN3O2S. The van der Waals surface area contributed by atoms with Crippen LogP contribution in [-0.2, 0) is 11.2 Å². The van der Waals surface area contributed by atoms with Crippen molar-refractivity contribution in [1.29, 1.82) is 0 Å². The van der Waals surface area contributed by atoms with E-state index in [1.807, 2.05) is 0 Å². The van der Waals surface area contributed by atoms with Crippen molar-refractivity contribution in [2.75, 3.05) is 5.32 Å². The smallest absolute Gasteiger partial charge is 0.260 e. The van der Waals surface area contributed by atoms with E-state index in [2.05, 4.69) is 10.3 Å². The molecule has 0 radical (unpaired) electrons. The Bertz CT molecular complexity index is 674. The third kappa shape index (κ3) is 3.52. The maximum atomic E-state index is 13.6. The number of carbonyl (C=O) groups is 2. The molecule has 2 amide bonds. The van der Waals surface area contributed by atoms with Gasteiger partial charge in [0.15, 0.2) is 5.13 Å². The van der Waals surface area contributed by atoms with Crippen molar-refractivity contribution in [3.8, 4) is 0 Å². The Morgan fingerprint density at radius 3 is 2.85 bits per heavy atom. The van der Waals surface area contributed by atoms with Gasteiger partial charge in [0.05, 0.1) is 17.7 Å². The maximum absolute atomic E-state index is 13.6. The predicted molar refractivity (Wildman–Crippen MR) is 74.4 cm³/mol. The van der Waals surface area contributed by atoms with Crippen LogP contribution in [0.15, 0.2) is 23.6 Å². The summed E-state index contributed by atoms with van der Waals surface area (Å²) in [5.41, 5.74) is 5.35. The summed E-state index contributed by atoms with van der Waals surface area (Å²) in [5.74, 6) is -1.88. The van der Waals surface area contributed by atoms with Crippen molar-refractivity contribution >= 4 is 39.9 Å². The SMILES string of the molecule is NC(=O)Cc1csc(NC(=O)c2ccc(Cl)cc2F)n1. The molecule has 1 heterocycles. The van der Waals surface area contributed by atoms with Crippen LogP contribution in [0, 0.1) is 5.82 Å². The van der Waals surface area contributed by atoms with E-state index >= 15 is 0 Å². The number of halogens is 2. The first kappa shape index (κ1) is 14.4. The Balaban J connectivity index is 2.11. The number of amides is 2. The molecular weight excluding hydrogens is 305 g/mol. The van der Waals surface area contributed by atoms with Crippen molar-refractivity contribution < 1.29 is 14.0 Å². The van der Waals surface area contributed by atoms with Crippen LogP contribution in [0.3, 0.4) is 0 Å². The first-order chi connectivity index (χ1) is 9.45. The highest BCUT2D eigenvalue weighted by atomic mass is 35.5. The van der Waals surface area contributed by atoms with Crippen LogP contribution in [-0.4, -0.2) is 16.8 Å². The molecule has 0 aliphatic carbocycles. The third-order valence-corrected chi connectivity index (χ3v) is 3.34. The molecule has 0 aliphatic heterocycles. The summed E-state index contributed by atoms with van der Waals surface area (Å²) in [6.07, 6.45) is -0.0122. The summed E-state index contributed by atoms with van der Waals surface area (Å²) in [4.78, 5) is 26.6. The highest BCUT2D eigenvalue weighted by molar-refractivity contribution is 7.14. The number of carbonyl (C=O) groups excluding carboxylic acids is 2. The summed E-state index contributed by atoms with van der Waals surface area (Å²) < 4.78 is 13.6. The molecule has 1 aromatic heterocycles. The molecule has 104 valence electrons. The molecule has 0 saturated heterocycles. The summed E-state index contributed by atoms with van der Waals surface area (Å²) in [6.45, 7) is 0. The molecule has 8 heteroatoms. The molecule has 0 fully saturated rings. The number of rotatable bonds is 4. The van der Waals surface area contributed by atoms with Gasteiger partial charge in [-0.3, -0.25) is 14.9 Å². The van der Waals surface area contributed by atoms with E-state index in [1.165, 1.54) is 12.1 Å². The number of primary amides is 1. The lowest BCUT2D eigenvalue weighted by Crippen LogP contribution is -2.15. The molecule has 1 aromatic carbocycles. The molecule has 0 aliphatic rings. The molecule has 5 nitrogen and oxygen atoms in total. The van der Waals surface area contributed by atoms with Crippen molar-refractivity contribution in [2.24, 2.45) is 5.73 Å². The minimum absolute atomic E-state index is 0.0122. The van der Waals surface area contributed by atoms with Gasteiger partial charge < -0.3 is 5.73 Å². The van der Waals surface area contributed by atoms with Gasteiger partial charge in [0.2, 0.25) is 5.91 Å². The molecule has 2 aromatic rings. The van der Waals surface area contributed by atoms with Gasteiger partial charge in [0.1, 0.15) is 5.82 Å². The van der Waals surface area contributed by atoms with E-state index in [4.69, 9.17) is 17.3 Å². The van der Waals surface area contributed by atoms with Crippen LogP contribution in [0.2, 0.25) is 5.02 Å². The number of hydrogen-bond acceptors (Lipinski definition) is 4. The Morgan fingerprint density at radius 1 is 1.45 bits per heavy atom. The molecule has 0 saturated carbocycles. The highest BCUT2D eigenvalue weighted by Crippen LogP contribution is 2.19. The molecule has 0 atom stereocenters. The van der Waals surface area contributed by atoms with Gasteiger partial charge in [-0.05, 0) is 18.2 Å². The van der Waals surface area contributed by atoms with Crippen LogP contribution in [0.4, 0.5) is 9.52 Å². The van der Waals surface area contributed by atoms with Gasteiger partial charge in [0, 0.05) is 10.4 Å². The zero-order valence-corrected chi connectivity index (χ0v) is 11.6. The standard InChI is InChI=1S/C12H9ClFN3O2S/c13-6-1-2-8(9(14)3-6)11(19)17-12-16-7(5-20-12)4-10(15)18/h1-3,5H,4H2,(H2,15,18)(H,16,17,19). The number of nitrogens with two attached hydrogens (primary N) is 1. The molecule has 0 bridgehead atoms. The van der Waals surface area contributed by atoms with Crippen molar-refractivity contribution in [1.82, 2.24) is 4.98 Å². The normalized spacial score (nSPS) is 10.3. The fourth-order valence-electron chi connectivity index (χ4n) is 1.46. The second-order valence-corrected chi connectivity index (χ2v) is 5.16. The molecule has 3 N–H and O–H groups in total. The Labute approximate surface area is 122 Å². The average molecular weight is 314 g/mol. The number of nitrogens with zero attached hydrogens (tertiary/aromatic N) is 1. The van der Waals surface area contributed by atoms with Gasteiger partial charge >= 0.3 is 0 Å². The van der Waals surface area contributed by atoms with Gasteiger partial charge in [-0.15, -0.1) is 11.3 Å². The zero-order valence-electron chi connectivity index (χ0n) is 10.0. The third-order valence-electron chi connectivity index (χ3n) is 2.30. The highest BCUT2D eigenvalue weighted by Gasteiger charge is 2.14. The van der Waals surface area contributed by atoms with Crippen LogP contribution < -0.4 is 11.1 Å². The van der Waals surface area contributed by atoms with Crippen molar-refractivity contribution in [3.63, 3.8) is 0 Å². The summed E-state index contributed by atoms with van der Waals surface area (Å²) in [6, 6.07) is 3.75. The van der Waals surface area contributed by atoms with Gasteiger partial charge in [0.25, 0.3) is 5.91 Å². The fourth-order valence-corrected chi connectivity index (χ4v) is 2.33. The van der Waals surface area contributed by atoms with E-state index in [9.17, 15) is 14.0 Å². The number of nitrogens with one attached hydrogen (secondary N) is 1. The number of aromatic nitrogens is 1. The lowest BCUT2D eigenvalue weighted by Gasteiger charge is -2.03. The van der Waals surface area contributed by atoms with Crippen LogP contribution in [0.25, 0.3) is 0 Å². The first-order valence-electron chi connectivity index (χ1n) is 5.45. The van der Waals surface area contributed by atoms with Crippen LogP contribution >= 0.6 is 22.9 Å². The number of benzene rings is 1. The van der Waals surface area contributed by atoms with Crippen LogP contribution in [0.1, 0.15) is 16.1 Å². The number of hydrogen-bond donors (Lipinski definition) is 2. The Hall–Kier alpha value is -1.99. The second kappa shape index (κ2) is 5.98. The fraction of sp³-hybridized carbons (Fsp3) is 0.0833. The van der Waals surface area contributed by atoms with Crippen molar-refractivity contribution in [3.05, 3.63) is 45.7 Å². The quantitative estimate of drug-likeness (QED) is 0.907. The topological polar surface area (TPSA) is 85.1 Å². The summed E-state index contributed by atoms with van der Waals surface area (Å²) >= 11 is 6.73. The Kier molecular flexibility index (Phi) is 4.31. The van der Waals surface area contributed by atoms with E-state index in [0.717, 1.165) is 17.4 Å². The Morgan fingerprint density at radius 2 is 2.20 bits per heavy atom. The van der Waals surface area contributed by atoms with Gasteiger partial charge in [-0.25, -0.2) is 9.37 Å². The molecule has 0 spiro atoms. The van der Waals surface area contributed by atoms with Gasteiger partial charge in [-0.1, -0.05) is 11.6 Å². The minimum atomic E-state index is -0.719. The van der Waals surface area contributed by atoms with E-state index in [1.54, 1.807) is 5.38 Å². The predicted octanol–water partition coefficient (Wildman–Crippen LogP) is 2.22. The average Bonchev–Trinajstić information content (AvgIpc) is 2.75. The largest absolute Gasteiger partial charge is 0.369 e.